The molecule has 0 saturated heterocycles. The van der Waals surface area contributed by atoms with Crippen molar-refractivity contribution in [3.63, 3.8) is 0 Å². The average Bonchev–Trinajstić information content (AvgIpc) is 1.96. The molecule has 12 heavy (non-hydrogen) atoms. The highest BCUT2D eigenvalue weighted by Crippen LogP contribution is 2.25. The van der Waals surface area contributed by atoms with Crippen molar-refractivity contribution in [2.24, 2.45) is 11.1 Å². The van der Waals surface area contributed by atoms with Crippen molar-refractivity contribution in [3.05, 3.63) is 0 Å². The van der Waals surface area contributed by atoms with E-state index in [-0.39, 0.29) is 12.1 Å². The van der Waals surface area contributed by atoms with Gasteiger partial charge in [0, 0.05) is 6.54 Å². The van der Waals surface area contributed by atoms with Crippen LogP contribution >= 0.6 is 0 Å². The van der Waals surface area contributed by atoms with Crippen LogP contribution in [0, 0.1) is 5.41 Å². The van der Waals surface area contributed by atoms with Crippen LogP contribution in [-0.2, 0) is 9.53 Å². The van der Waals surface area contributed by atoms with Crippen LogP contribution < -0.4 is 5.73 Å². The van der Waals surface area contributed by atoms with E-state index in [1.54, 1.807) is 0 Å². The van der Waals surface area contributed by atoms with E-state index in [0.717, 1.165) is 12.8 Å². The number of hydrogen-bond acceptors (Lipinski definition) is 3. The molecule has 1 aliphatic carbocycles. The molecule has 70 valence electrons. The molecule has 0 spiro atoms. The van der Waals surface area contributed by atoms with Gasteiger partial charge in [0.2, 0.25) is 0 Å². The Morgan fingerprint density at radius 1 is 1.58 bits per heavy atom. The second-order valence-electron chi connectivity index (χ2n) is 4.05. The molecule has 0 aromatic carbocycles. The molecule has 0 aromatic heterocycles. The molecule has 0 heterocycles. The second kappa shape index (κ2) is 3.44. The summed E-state index contributed by atoms with van der Waals surface area (Å²) in [4.78, 5) is 11.4. The van der Waals surface area contributed by atoms with Crippen molar-refractivity contribution in [2.75, 3.05) is 6.54 Å². The second-order valence-corrected chi connectivity index (χ2v) is 4.05. The van der Waals surface area contributed by atoms with E-state index < -0.39 is 5.41 Å². The minimum absolute atomic E-state index is 0.158. The first kappa shape index (κ1) is 9.52. The topological polar surface area (TPSA) is 52.3 Å². The van der Waals surface area contributed by atoms with Crippen molar-refractivity contribution < 1.29 is 9.53 Å². The molecule has 1 fully saturated rings. The Morgan fingerprint density at radius 3 is 2.50 bits per heavy atom. The Balaban J connectivity index is 2.35. The fraction of sp³-hybridized carbons (Fsp3) is 0.889. The summed E-state index contributed by atoms with van der Waals surface area (Å²) < 4.78 is 5.22. The highest BCUT2D eigenvalue weighted by molar-refractivity contribution is 5.76. The number of carbonyl (C=O) groups is 1. The maximum Gasteiger partial charge on any atom is 0.313 e. The quantitative estimate of drug-likeness (QED) is 0.646. The largest absolute Gasteiger partial charge is 0.462 e. The van der Waals surface area contributed by atoms with Gasteiger partial charge in [-0.15, -0.1) is 0 Å². The minimum atomic E-state index is -0.518. The maximum atomic E-state index is 11.4. The van der Waals surface area contributed by atoms with Gasteiger partial charge in [0.05, 0.1) is 5.41 Å². The van der Waals surface area contributed by atoms with Gasteiger partial charge in [-0.05, 0) is 33.1 Å². The van der Waals surface area contributed by atoms with E-state index in [0.29, 0.717) is 6.54 Å². The van der Waals surface area contributed by atoms with Gasteiger partial charge in [0.25, 0.3) is 0 Å². The minimum Gasteiger partial charge on any atom is -0.462 e. The molecule has 0 aliphatic heterocycles. The molecule has 0 aromatic rings. The molecular weight excluding hydrogens is 154 g/mol. The number of hydrogen-bond donors (Lipinski definition) is 1. The molecule has 0 unspecified atom stereocenters. The smallest absolute Gasteiger partial charge is 0.313 e. The zero-order chi connectivity index (χ0) is 9.19. The molecule has 2 N–H and O–H groups in total. The van der Waals surface area contributed by atoms with Crippen molar-refractivity contribution in [1.29, 1.82) is 0 Å². The molecular formula is C9H17NO2. The SMILES string of the molecule is CC(C)(CN)C(=O)OC1CCC1. The lowest BCUT2D eigenvalue weighted by molar-refractivity contribution is -0.162. The van der Waals surface area contributed by atoms with Crippen molar-refractivity contribution in [1.82, 2.24) is 0 Å². The first-order chi connectivity index (χ1) is 5.56. The van der Waals surface area contributed by atoms with Gasteiger partial charge in [0.1, 0.15) is 6.10 Å². The summed E-state index contributed by atoms with van der Waals surface area (Å²) >= 11 is 0. The van der Waals surface area contributed by atoms with Crippen LogP contribution in [-0.4, -0.2) is 18.6 Å². The van der Waals surface area contributed by atoms with Gasteiger partial charge in [-0.3, -0.25) is 4.79 Å². The van der Waals surface area contributed by atoms with Crippen LogP contribution in [0.4, 0.5) is 0 Å². The molecule has 3 nitrogen and oxygen atoms in total. The van der Waals surface area contributed by atoms with Crippen molar-refractivity contribution >= 4 is 5.97 Å². The Labute approximate surface area is 73.3 Å². The number of nitrogens with two attached hydrogens (primary N) is 1. The van der Waals surface area contributed by atoms with Crippen LogP contribution in [0.15, 0.2) is 0 Å². The van der Waals surface area contributed by atoms with Crippen LogP contribution in [0.1, 0.15) is 33.1 Å². The number of esters is 1. The zero-order valence-corrected chi connectivity index (χ0v) is 7.80. The molecule has 0 radical (unpaired) electrons. The van der Waals surface area contributed by atoms with Crippen molar-refractivity contribution in [2.45, 2.75) is 39.2 Å². The van der Waals surface area contributed by atoms with Gasteiger partial charge in [0.15, 0.2) is 0 Å². The summed E-state index contributed by atoms with van der Waals surface area (Å²) in [5.74, 6) is -0.158. The predicted octanol–water partition coefficient (Wildman–Crippen LogP) is 1.07. The van der Waals surface area contributed by atoms with E-state index in [1.807, 2.05) is 13.8 Å². The third kappa shape index (κ3) is 1.97. The first-order valence-corrected chi connectivity index (χ1v) is 4.47. The summed E-state index contributed by atoms with van der Waals surface area (Å²) in [5.41, 5.74) is 4.92. The normalized spacial score (nSPS) is 18.6. The first-order valence-electron chi connectivity index (χ1n) is 4.47. The fourth-order valence-corrected chi connectivity index (χ4v) is 0.883. The van der Waals surface area contributed by atoms with Crippen LogP contribution in [0.2, 0.25) is 0 Å². The molecule has 0 bridgehead atoms. The molecule has 0 atom stereocenters. The summed E-state index contributed by atoms with van der Waals surface area (Å²) in [7, 11) is 0. The number of rotatable bonds is 3. The third-order valence-electron chi connectivity index (χ3n) is 2.39. The zero-order valence-electron chi connectivity index (χ0n) is 7.80. The molecule has 1 rings (SSSR count). The Kier molecular flexibility index (Phi) is 2.73. The summed E-state index contributed by atoms with van der Waals surface area (Å²) in [5, 5.41) is 0. The lowest BCUT2D eigenvalue weighted by atomic mass is 9.92. The summed E-state index contributed by atoms with van der Waals surface area (Å²) in [6.45, 7) is 3.97. The van der Waals surface area contributed by atoms with E-state index in [2.05, 4.69) is 0 Å². The monoisotopic (exact) mass is 171 g/mol. The molecule has 0 amide bonds. The van der Waals surface area contributed by atoms with E-state index in [4.69, 9.17) is 10.5 Å². The fourth-order valence-electron chi connectivity index (χ4n) is 0.883. The van der Waals surface area contributed by atoms with Crippen LogP contribution in [0.3, 0.4) is 0 Å². The number of carbonyl (C=O) groups excluding carboxylic acids is 1. The van der Waals surface area contributed by atoms with Gasteiger partial charge in [-0.1, -0.05) is 0 Å². The third-order valence-corrected chi connectivity index (χ3v) is 2.39. The van der Waals surface area contributed by atoms with E-state index in [1.165, 1.54) is 6.42 Å². The van der Waals surface area contributed by atoms with Gasteiger partial charge < -0.3 is 10.5 Å². The van der Waals surface area contributed by atoms with Crippen LogP contribution in [0.5, 0.6) is 0 Å². The van der Waals surface area contributed by atoms with Crippen molar-refractivity contribution in [3.8, 4) is 0 Å². The Bertz CT molecular complexity index is 173. The van der Waals surface area contributed by atoms with E-state index in [9.17, 15) is 4.79 Å². The Morgan fingerprint density at radius 2 is 2.17 bits per heavy atom. The molecule has 1 saturated carbocycles. The maximum absolute atomic E-state index is 11.4. The van der Waals surface area contributed by atoms with Gasteiger partial charge >= 0.3 is 5.97 Å². The average molecular weight is 171 g/mol. The molecule has 3 heteroatoms. The Hall–Kier alpha value is -0.570. The highest BCUT2D eigenvalue weighted by Gasteiger charge is 2.31. The lowest BCUT2D eigenvalue weighted by Gasteiger charge is -2.29. The summed E-state index contributed by atoms with van der Waals surface area (Å²) in [6, 6.07) is 0. The highest BCUT2D eigenvalue weighted by atomic mass is 16.5. The lowest BCUT2D eigenvalue weighted by Crippen LogP contribution is -2.38. The van der Waals surface area contributed by atoms with Gasteiger partial charge in [-0.2, -0.15) is 0 Å². The van der Waals surface area contributed by atoms with Crippen LogP contribution in [0.25, 0.3) is 0 Å². The summed E-state index contributed by atoms with van der Waals surface area (Å²) in [6.07, 6.45) is 3.39. The molecule has 1 aliphatic rings. The van der Waals surface area contributed by atoms with E-state index >= 15 is 0 Å². The number of ether oxygens (including phenoxy) is 1. The predicted molar refractivity (Wildman–Crippen MR) is 46.6 cm³/mol. The van der Waals surface area contributed by atoms with Gasteiger partial charge in [-0.25, -0.2) is 0 Å². The standard InChI is InChI=1S/C9H17NO2/c1-9(2,6-10)8(11)12-7-4-3-5-7/h7H,3-6,10H2,1-2H3.